The molecule has 1 unspecified atom stereocenters. The van der Waals surface area contributed by atoms with Gasteiger partial charge in [-0.3, -0.25) is 14.6 Å². The molecule has 1 heterocycles. The van der Waals surface area contributed by atoms with Crippen LogP contribution >= 0.6 is 0 Å². The molecular weight excluding hydrogens is 380 g/mol. The molecule has 6 nitrogen and oxygen atoms in total. The monoisotopic (exact) mass is 406 g/mol. The van der Waals surface area contributed by atoms with Gasteiger partial charge in [0.15, 0.2) is 5.76 Å². The first-order chi connectivity index (χ1) is 14.6. The third-order valence-electron chi connectivity index (χ3n) is 5.08. The number of ether oxygens (including phenoxy) is 1. The van der Waals surface area contributed by atoms with Crippen LogP contribution < -0.4 is 0 Å². The smallest absolute Gasteiger partial charge is 0.252 e. The molecular formula is C24H26N2O4. The molecule has 0 saturated carbocycles. The summed E-state index contributed by atoms with van der Waals surface area (Å²) in [4.78, 5) is 29.7. The van der Waals surface area contributed by atoms with Crippen LogP contribution in [0.25, 0.3) is 0 Å². The largest absolute Gasteiger partial charge is 0.504 e. The molecule has 6 heteroatoms. The molecule has 2 aromatic carbocycles. The fourth-order valence-corrected chi connectivity index (χ4v) is 3.63. The van der Waals surface area contributed by atoms with E-state index in [-0.39, 0.29) is 5.92 Å². The van der Waals surface area contributed by atoms with Gasteiger partial charge in [0.2, 0.25) is 5.78 Å². The highest BCUT2D eigenvalue weighted by molar-refractivity contribution is 6.34. The lowest BCUT2D eigenvalue weighted by Gasteiger charge is -2.37. The van der Waals surface area contributed by atoms with Gasteiger partial charge in [-0.25, -0.2) is 0 Å². The van der Waals surface area contributed by atoms with Gasteiger partial charge in [-0.1, -0.05) is 60.7 Å². The van der Waals surface area contributed by atoms with Crippen LogP contribution in [0.4, 0.5) is 0 Å². The van der Waals surface area contributed by atoms with Crippen LogP contribution in [0.3, 0.4) is 0 Å². The van der Waals surface area contributed by atoms with E-state index in [4.69, 9.17) is 4.74 Å². The van der Waals surface area contributed by atoms with Crippen molar-refractivity contribution < 1.29 is 19.4 Å². The summed E-state index contributed by atoms with van der Waals surface area (Å²) in [5.41, 5.74) is 2.27. The summed E-state index contributed by atoms with van der Waals surface area (Å²) in [7, 11) is 1.43. The number of allylic oxidation sites excluding steroid dienone is 1. The van der Waals surface area contributed by atoms with Crippen molar-refractivity contribution in [1.29, 1.82) is 0 Å². The fraction of sp³-hybridized carbons (Fsp3) is 0.292. The van der Waals surface area contributed by atoms with Gasteiger partial charge >= 0.3 is 0 Å². The number of aliphatic hydroxyl groups excluding tert-OH is 1. The number of ketones is 1. The number of rotatable bonds is 7. The molecule has 156 valence electrons. The first kappa shape index (κ1) is 21.5. The Hall–Kier alpha value is -3.25. The Kier molecular flexibility index (Phi) is 7.51. The molecule has 0 aliphatic carbocycles. The van der Waals surface area contributed by atoms with Crippen LogP contribution in [-0.4, -0.2) is 54.3 Å². The third kappa shape index (κ3) is 5.42. The molecule has 2 aromatic rings. The van der Waals surface area contributed by atoms with E-state index in [2.05, 4.69) is 29.3 Å². The van der Waals surface area contributed by atoms with Crippen molar-refractivity contribution in [2.24, 2.45) is 4.99 Å². The molecule has 3 rings (SSSR count). The summed E-state index contributed by atoms with van der Waals surface area (Å²) in [6, 6.07) is 20.2. The van der Waals surface area contributed by atoms with Gasteiger partial charge in [0.1, 0.15) is 6.23 Å². The summed E-state index contributed by atoms with van der Waals surface area (Å²) in [5, 5.41) is 9.91. The van der Waals surface area contributed by atoms with Crippen molar-refractivity contribution in [1.82, 2.24) is 4.90 Å². The average Bonchev–Trinajstić information content (AvgIpc) is 2.79. The number of aliphatic imine (C=N–C) groups is 1. The predicted molar refractivity (Wildman–Crippen MR) is 116 cm³/mol. The van der Waals surface area contributed by atoms with E-state index in [1.54, 1.807) is 4.90 Å². The number of amides is 1. The number of hydrogen-bond donors (Lipinski definition) is 1. The van der Waals surface area contributed by atoms with E-state index in [0.29, 0.717) is 26.0 Å². The summed E-state index contributed by atoms with van der Waals surface area (Å²) >= 11 is 0. The zero-order valence-corrected chi connectivity index (χ0v) is 17.0. The summed E-state index contributed by atoms with van der Waals surface area (Å²) in [6.45, 7) is 1.06. The quantitative estimate of drug-likeness (QED) is 0.434. The van der Waals surface area contributed by atoms with Gasteiger partial charge in [0.25, 0.3) is 5.91 Å². The Morgan fingerprint density at radius 2 is 1.73 bits per heavy atom. The third-order valence-corrected chi connectivity index (χ3v) is 5.08. The van der Waals surface area contributed by atoms with E-state index in [0.717, 1.165) is 23.4 Å². The summed E-state index contributed by atoms with van der Waals surface area (Å²) in [6.07, 6.45) is 2.73. The second-order valence-corrected chi connectivity index (χ2v) is 7.10. The van der Waals surface area contributed by atoms with Gasteiger partial charge in [-0.2, -0.15) is 0 Å². The highest BCUT2D eigenvalue weighted by atomic mass is 16.5. The maximum absolute atomic E-state index is 12.8. The normalized spacial score (nSPS) is 17.5. The molecule has 0 radical (unpaired) electrons. The van der Waals surface area contributed by atoms with Crippen molar-refractivity contribution in [3.63, 3.8) is 0 Å². The highest BCUT2D eigenvalue weighted by Gasteiger charge is 2.30. The minimum Gasteiger partial charge on any atom is -0.504 e. The number of nitrogens with zero attached hydrogens (tertiary/aromatic N) is 2. The molecule has 1 N–H and O–H groups in total. The lowest BCUT2D eigenvalue weighted by molar-refractivity contribution is -0.151. The number of carbonyl (C=O) groups is 2. The molecule has 1 aliphatic rings. The molecule has 1 saturated heterocycles. The SMILES string of the molecule is C/N=C\C(=O)/C(O)=C/C(=O)N1CCCOC1CC(c1ccccc1)c1ccccc1. The number of Topliss-reactive ketones (excluding diaryl/α,β-unsaturated/α-hetero) is 1. The van der Waals surface area contributed by atoms with Gasteiger partial charge < -0.3 is 14.7 Å². The van der Waals surface area contributed by atoms with Crippen molar-refractivity contribution in [2.45, 2.75) is 25.0 Å². The van der Waals surface area contributed by atoms with Gasteiger partial charge in [0, 0.05) is 32.0 Å². The van der Waals surface area contributed by atoms with E-state index < -0.39 is 23.7 Å². The molecule has 1 aliphatic heterocycles. The van der Waals surface area contributed by atoms with Gasteiger partial charge in [-0.05, 0) is 17.5 Å². The van der Waals surface area contributed by atoms with Crippen LogP contribution in [0.5, 0.6) is 0 Å². The predicted octanol–water partition coefficient (Wildman–Crippen LogP) is 3.50. The van der Waals surface area contributed by atoms with Crippen LogP contribution in [-0.2, 0) is 14.3 Å². The topological polar surface area (TPSA) is 79.2 Å². The maximum Gasteiger partial charge on any atom is 0.252 e. The molecule has 0 bridgehead atoms. The van der Waals surface area contributed by atoms with Crippen molar-refractivity contribution in [3.05, 3.63) is 83.6 Å². The van der Waals surface area contributed by atoms with Crippen molar-refractivity contribution >= 4 is 17.9 Å². The van der Waals surface area contributed by atoms with E-state index in [1.165, 1.54) is 7.05 Å². The zero-order chi connectivity index (χ0) is 21.3. The number of carbonyl (C=O) groups excluding carboxylic acids is 2. The minimum absolute atomic E-state index is 0.0391. The van der Waals surface area contributed by atoms with Crippen LogP contribution in [0.15, 0.2) is 77.5 Å². The maximum atomic E-state index is 12.8. The molecule has 30 heavy (non-hydrogen) atoms. The Morgan fingerprint density at radius 1 is 1.13 bits per heavy atom. The van der Waals surface area contributed by atoms with Gasteiger partial charge in [0.05, 0.1) is 12.8 Å². The lowest BCUT2D eigenvalue weighted by atomic mass is 9.87. The van der Waals surface area contributed by atoms with Crippen LogP contribution in [0.2, 0.25) is 0 Å². The summed E-state index contributed by atoms with van der Waals surface area (Å²) in [5.74, 6) is -1.74. The highest BCUT2D eigenvalue weighted by Crippen LogP contribution is 2.32. The Bertz CT molecular complexity index is 870. The first-order valence-corrected chi connectivity index (χ1v) is 9.99. The molecule has 0 spiro atoms. The summed E-state index contributed by atoms with van der Waals surface area (Å²) < 4.78 is 5.96. The first-order valence-electron chi connectivity index (χ1n) is 9.99. The second kappa shape index (κ2) is 10.5. The number of hydrogen-bond acceptors (Lipinski definition) is 5. The van der Waals surface area contributed by atoms with E-state index in [1.807, 2.05) is 36.4 Å². The van der Waals surface area contributed by atoms with Crippen molar-refractivity contribution in [2.75, 3.05) is 20.2 Å². The second-order valence-electron chi connectivity index (χ2n) is 7.10. The van der Waals surface area contributed by atoms with Gasteiger partial charge in [-0.15, -0.1) is 0 Å². The number of benzene rings is 2. The van der Waals surface area contributed by atoms with E-state index in [9.17, 15) is 14.7 Å². The Labute approximate surface area is 176 Å². The minimum atomic E-state index is -0.702. The Morgan fingerprint density at radius 3 is 2.30 bits per heavy atom. The van der Waals surface area contributed by atoms with Crippen molar-refractivity contribution in [3.8, 4) is 0 Å². The van der Waals surface area contributed by atoms with Crippen LogP contribution in [0.1, 0.15) is 29.9 Å². The molecule has 1 fully saturated rings. The Balaban J connectivity index is 1.84. The number of aliphatic hydroxyl groups is 1. The molecule has 0 aromatic heterocycles. The molecule has 1 amide bonds. The standard InChI is InChI=1S/C24H26N2O4/c1-25-17-22(28)21(27)16-23(29)26-13-8-14-30-24(26)15-20(18-9-4-2-5-10-18)19-11-6-3-7-12-19/h2-7,9-12,16-17,20,24,27H,8,13-15H2,1H3/b21-16-,25-17-. The van der Waals surface area contributed by atoms with E-state index >= 15 is 0 Å². The lowest BCUT2D eigenvalue weighted by Crippen LogP contribution is -2.46. The zero-order valence-electron chi connectivity index (χ0n) is 17.0. The van der Waals surface area contributed by atoms with Crippen LogP contribution in [0, 0.1) is 0 Å². The molecule has 1 atom stereocenters. The average molecular weight is 406 g/mol. The fourth-order valence-electron chi connectivity index (χ4n) is 3.63.